The second-order valence-electron chi connectivity index (χ2n) is 5.62. The van der Waals surface area contributed by atoms with E-state index in [1.807, 2.05) is 12.3 Å². The third-order valence-corrected chi connectivity index (χ3v) is 5.11. The molecule has 0 unspecified atom stereocenters. The van der Waals surface area contributed by atoms with Crippen molar-refractivity contribution in [1.29, 1.82) is 0 Å². The van der Waals surface area contributed by atoms with Gasteiger partial charge in [-0.05, 0) is 37.1 Å². The Hall–Kier alpha value is -2.34. The maximum absolute atomic E-state index is 11.7. The van der Waals surface area contributed by atoms with Crippen LogP contribution in [-0.4, -0.2) is 19.6 Å². The molecule has 112 valence electrons. The van der Waals surface area contributed by atoms with E-state index in [0.29, 0.717) is 0 Å². The fraction of sp³-hybridized carbons (Fsp3) is 0.250. The maximum Gasteiger partial charge on any atom is 0.328 e. The van der Waals surface area contributed by atoms with Crippen molar-refractivity contribution >= 4 is 11.3 Å². The number of aryl methyl sites for hydroxylation is 1. The molecule has 2 N–H and O–H groups in total. The minimum atomic E-state index is -0.261. The Bertz CT molecular complexity index is 875. The topological polar surface area (TPSA) is 70.9 Å². The lowest BCUT2D eigenvalue weighted by Crippen LogP contribution is -2.15. The zero-order chi connectivity index (χ0) is 15.3. The van der Waals surface area contributed by atoms with Gasteiger partial charge < -0.3 is 10.1 Å². The average molecular weight is 313 g/mol. The lowest BCUT2D eigenvalue weighted by atomic mass is 10.1. The third kappa shape index (κ3) is 2.16. The molecule has 0 bridgehead atoms. The number of imidazole rings is 1. The first-order valence-electron chi connectivity index (χ1n) is 7.15. The Morgan fingerprint density at radius 3 is 2.82 bits per heavy atom. The second-order valence-corrected chi connectivity index (χ2v) is 6.91. The molecular weight excluding hydrogens is 298 g/mol. The molecule has 3 aromatic heterocycles. The molecule has 4 rings (SSSR count). The van der Waals surface area contributed by atoms with Crippen LogP contribution in [0.5, 0.6) is 5.88 Å². The van der Waals surface area contributed by atoms with E-state index in [9.17, 15) is 9.90 Å². The summed E-state index contributed by atoms with van der Waals surface area (Å²) in [5.74, 6) is 0.238. The predicted octanol–water partition coefficient (Wildman–Crippen LogP) is 3.04. The molecule has 0 amide bonds. The number of hydrogen-bond acceptors (Lipinski definition) is 4. The van der Waals surface area contributed by atoms with Gasteiger partial charge in [0.1, 0.15) is 0 Å². The van der Waals surface area contributed by atoms with Crippen LogP contribution in [0.3, 0.4) is 0 Å². The first-order chi connectivity index (χ1) is 10.6. The van der Waals surface area contributed by atoms with Crippen molar-refractivity contribution < 1.29 is 5.11 Å². The van der Waals surface area contributed by atoms with Gasteiger partial charge in [-0.25, -0.2) is 4.79 Å². The lowest BCUT2D eigenvalue weighted by Gasteiger charge is -2.03. The van der Waals surface area contributed by atoms with Crippen LogP contribution >= 0.6 is 11.3 Å². The lowest BCUT2D eigenvalue weighted by molar-refractivity contribution is 0.413. The summed E-state index contributed by atoms with van der Waals surface area (Å²) < 4.78 is 1.42. The molecule has 1 aliphatic rings. The quantitative estimate of drug-likeness (QED) is 0.780. The van der Waals surface area contributed by atoms with Crippen molar-refractivity contribution in [3.05, 3.63) is 57.6 Å². The van der Waals surface area contributed by atoms with Crippen molar-refractivity contribution in [2.75, 3.05) is 0 Å². The largest absolute Gasteiger partial charge is 0.493 e. The summed E-state index contributed by atoms with van der Waals surface area (Å²) in [7, 11) is 0. The molecule has 5 nitrogen and oxygen atoms in total. The van der Waals surface area contributed by atoms with Crippen LogP contribution in [0.25, 0.3) is 10.6 Å². The molecule has 0 aliphatic heterocycles. The van der Waals surface area contributed by atoms with E-state index < -0.39 is 0 Å². The van der Waals surface area contributed by atoms with Crippen molar-refractivity contribution in [1.82, 2.24) is 14.5 Å². The van der Waals surface area contributed by atoms with Gasteiger partial charge in [0.25, 0.3) is 0 Å². The van der Waals surface area contributed by atoms with Gasteiger partial charge in [0, 0.05) is 23.0 Å². The van der Waals surface area contributed by atoms with Gasteiger partial charge in [0.05, 0.1) is 16.8 Å². The van der Waals surface area contributed by atoms with Crippen LogP contribution in [0.1, 0.15) is 28.8 Å². The number of H-pyrrole nitrogens is 1. The molecule has 1 aliphatic carbocycles. The number of hydrogen-bond donors (Lipinski definition) is 2. The summed E-state index contributed by atoms with van der Waals surface area (Å²) in [6, 6.07) is 8.29. The van der Waals surface area contributed by atoms with E-state index >= 15 is 0 Å². The molecule has 1 fully saturated rings. The number of pyridine rings is 1. The highest BCUT2D eigenvalue weighted by molar-refractivity contribution is 7.15. The van der Waals surface area contributed by atoms with E-state index in [-0.39, 0.29) is 23.5 Å². The highest BCUT2D eigenvalue weighted by Crippen LogP contribution is 2.51. The van der Waals surface area contributed by atoms with Crippen molar-refractivity contribution in [3.63, 3.8) is 0 Å². The summed E-state index contributed by atoms with van der Waals surface area (Å²) in [5.41, 5.74) is 1.82. The smallest absolute Gasteiger partial charge is 0.328 e. The third-order valence-electron chi connectivity index (χ3n) is 4.09. The van der Waals surface area contributed by atoms with Crippen LogP contribution in [0, 0.1) is 6.92 Å². The standard InChI is InChI=1S/C16H15N3O2S/c1-9-2-5-14(22-9)12-4-3-10(7-17-12)11-6-13(11)19-15(20)8-18-16(19)21/h2-5,7-8,11,13,20H,6H2,1H3,(H,18,21)/t11-,13+/m1/s1. The van der Waals surface area contributed by atoms with Crippen LogP contribution in [0.2, 0.25) is 0 Å². The van der Waals surface area contributed by atoms with E-state index in [2.05, 4.69) is 35.1 Å². The minimum absolute atomic E-state index is 0.00357. The molecule has 0 radical (unpaired) electrons. The number of nitrogens with one attached hydrogen (secondary N) is 1. The van der Waals surface area contributed by atoms with Crippen LogP contribution in [0.4, 0.5) is 0 Å². The maximum atomic E-state index is 11.7. The van der Waals surface area contributed by atoms with Crippen LogP contribution in [0.15, 0.2) is 41.5 Å². The molecule has 3 aromatic rings. The first kappa shape index (κ1) is 13.3. The highest BCUT2D eigenvalue weighted by Gasteiger charge is 2.42. The molecule has 0 aromatic carbocycles. The zero-order valence-corrected chi connectivity index (χ0v) is 12.8. The van der Waals surface area contributed by atoms with Gasteiger partial charge in [-0.1, -0.05) is 6.07 Å². The van der Waals surface area contributed by atoms with Crippen LogP contribution in [-0.2, 0) is 0 Å². The van der Waals surface area contributed by atoms with Gasteiger partial charge in [-0.2, -0.15) is 0 Å². The zero-order valence-electron chi connectivity index (χ0n) is 12.0. The van der Waals surface area contributed by atoms with E-state index in [4.69, 9.17) is 0 Å². The molecular formula is C16H15N3O2S. The number of thiophene rings is 1. The van der Waals surface area contributed by atoms with Gasteiger partial charge >= 0.3 is 5.69 Å². The number of aromatic amines is 1. The Morgan fingerprint density at radius 2 is 2.23 bits per heavy atom. The van der Waals surface area contributed by atoms with Gasteiger partial charge in [0.2, 0.25) is 5.88 Å². The summed E-state index contributed by atoms with van der Waals surface area (Å²) in [6.45, 7) is 2.08. The fourth-order valence-corrected chi connectivity index (χ4v) is 3.70. The Morgan fingerprint density at radius 1 is 1.36 bits per heavy atom. The summed E-state index contributed by atoms with van der Waals surface area (Å²) in [5, 5.41) is 9.72. The Kier molecular flexibility index (Phi) is 2.94. The molecule has 22 heavy (non-hydrogen) atoms. The summed E-state index contributed by atoms with van der Waals surface area (Å²) in [4.78, 5) is 21.1. The highest BCUT2D eigenvalue weighted by atomic mass is 32.1. The van der Waals surface area contributed by atoms with E-state index in [0.717, 1.165) is 22.6 Å². The summed E-state index contributed by atoms with van der Waals surface area (Å²) in [6.07, 6.45) is 4.06. The molecule has 2 atom stereocenters. The number of rotatable bonds is 3. The molecule has 1 saturated carbocycles. The first-order valence-corrected chi connectivity index (χ1v) is 7.97. The fourth-order valence-electron chi connectivity index (χ4n) is 2.86. The van der Waals surface area contributed by atoms with Gasteiger partial charge in [-0.15, -0.1) is 11.3 Å². The van der Waals surface area contributed by atoms with Crippen LogP contribution < -0.4 is 5.69 Å². The normalized spacial score (nSPS) is 20.2. The Balaban J connectivity index is 1.57. The number of aromatic nitrogens is 3. The molecule has 3 heterocycles. The summed E-state index contributed by atoms with van der Waals surface area (Å²) >= 11 is 1.73. The number of nitrogens with zero attached hydrogens (tertiary/aromatic N) is 2. The van der Waals surface area contributed by atoms with Crippen molar-refractivity contribution in [2.24, 2.45) is 0 Å². The van der Waals surface area contributed by atoms with Gasteiger partial charge in [-0.3, -0.25) is 9.55 Å². The van der Waals surface area contributed by atoms with E-state index in [1.54, 1.807) is 11.3 Å². The van der Waals surface area contributed by atoms with Gasteiger partial charge in [0.15, 0.2) is 0 Å². The molecule has 0 saturated heterocycles. The monoisotopic (exact) mass is 313 g/mol. The van der Waals surface area contributed by atoms with E-state index in [1.165, 1.54) is 15.6 Å². The average Bonchev–Trinajstić information content (AvgIpc) is 3.05. The number of aromatic hydroxyl groups is 1. The Labute approximate surface area is 130 Å². The second kappa shape index (κ2) is 4.84. The molecule has 6 heteroatoms. The molecule has 0 spiro atoms. The minimum Gasteiger partial charge on any atom is -0.493 e. The van der Waals surface area contributed by atoms with Crippen molar-refractivity contribution in [3.8, 4) is 16.5 Å². The van der Waals surface area contributed by atoms with Crippen molar-refractivity contribution in [2.45, 2.75) is 25.3 Å². The predicted molar refractivity (Wildman–Crippen MR) is 85.4 cm³/mol. The SMILES string of the molecule is Cc1ccc(-c2ccc([C@H]3C[C@@H]3n3c(O)c[nH]c3=O)cn2)s1.